The zero-order chi connectivity index (χ0) is 21.4. The molecule has 1 fully saturated rings. The molecule has 1 aliphatic heterocycles. The van der Waals surface area contributed by atoms with Crippen LogP contribution in [-0.4, -0.2) is 23.1 Å². The fourth-order valence-corrected chi connectivity index (χ4v) is 5.09. The van der Waals surface area contributed by atoms with Gasteiger partial charge in [0.2, 0.25) is 0 Å². The van der Waals surface area contributed by atoms with Gasteiger partial charge >= 0.3 is 35.6 Å². The van der Waals surface area contributed by atoms with Gasteiger partial charge in [0, 0.05) is 11.8 Å². The summed E-state index contributed by atoms with van der Waals surface area (Å²) in [5, 5.41) is 13.3. The number of hydrogen-bond donors (Lipinski definition) is 1. The molecule has 0 amide bonds. The topological polar surface area (TPSA) is 23.5 Å². The van der Waals surface area contributed by atoms with Crippen LogP contribution in [0.2, 0.25) is 0 Å². The minimum atomic E-state index is -0.556. The molecule has 0 radical (unpaired) electrons. The minimum absolute atomic E-state index is 0.0487. The molecule has 0 saturated carbocycles. The van der Waals surface area contributed by atoms with E-state index in [-0.39, 0.29) is 5.41 Å². The van der Waals surface area contributed by atoms with Crippen molar-refractivity contribution in [2.75, 3.05) is 13.1 Å². The molecular weight excluding hydrogens is 456 g/mol. The van der Waals surface area contributed by atoms with Crippen LogP contribution in [0, 0.1) is 6.92 Å². The maximum absolute atomic E-state index is 10.9. The van der Waals surface area contributed by atoms with Crippen LogP contribution in [-0.2, 0) is 29.0 Å². The Labute approximate surface area is 194 Å². The van der Waals surface area contributed by atoms with E-state index >= 15 is 0 Å². The number of phenols is 1. The number of aromatic hydroxyl groups is 1. The second-order valence-electron chi connectivity index (χ2n) is 8.59. The molecule has 6 heteroatoms. The summed E-state index contributed by atoms with van der Waals surface area (Å²) in [6.07, 6.45) is 4.00. The summed E-state index contributed by atoms with van der Waals surface area (Å²) in [6, 6.07) is 12.9. The van der Waals surface area contributed by atoms with E-state index in [1.807, 2.05) is 0 Å². The fraction of sp³-hybridized carbons (Fsp3) is 0.478. The van der Waals surface area contributed by atoms with Gasteiger partial charge in [0.05, 0.1) is 0 Å². The Morgan fingerprint density at radius 3 is 2.28 bits per heavy atom. The zero-order valence-corrected chi connectivity index (χ0v) is 21.9. The molecule has 2 nitrogen and oxygen atoms in total. The summed E-state index contributed by atoms with van der Waals surface area (Å²) in [6.45, 7) is 12.1. The van der Waals surface area contributed by atoms with Crippen molar-refractivity contribution in [2.45, 2.75) is 58.9 Å². The van der Waals surface area contributed by atoms with Crippen molar-refractivity contribution in [3.05, 3.63) is 53.1 Å². The Hall–Kier alpha value is -0.0757. The molecule has 0 bridgehead atoms. The first-order chi connectivity index (χ1) is 13.8. The van der Waals surface area contributed by atoms with Gasteiger partial charge in [0.15, 0.2) is 0 Å². The number of aryl methyl sites for hydroxylation is 1. The number of phenolic OH excluding ortho intramolecular Hbond substituents is 1. The predicted molar refractivity (Wildman–Crippen MR) is 126 cm³/mol. The molecular formula is C23H32Cl2NOPTi. The first-order valence-corrected chi connectivity index (χ1v) is 15.4. The van der Waals surface area contributed by atoms with Gasteiger partial charge in [-0.15, -0.1) is 0 Å². The molecule has 1 N–H and O–H groups in total. The standard InChI is InChI=1S/C23H32NOP.2ClH.Ti/c1-17-10-8-11-18(16-24-14-6-5-7-15-24)22(17)26-20-13-9-12-19(21(20)25)23(2,3)4;;;/h8-13,25-26H,5-7,14-16H2,1-4H3;2*1H;/q;;;+2/p-2. The van der Waals surface area contributed by atoms with Crippen LogP contribution in [0.4, 0.5) is 0 Å². The van der Waals surface area contributed by atoms with E-state index in [2.05, 4.69) is 69.0 Å². The van der Waals surface area contributed by atoms with Crippen LogP contribution < -0.4 is 10.6 Å². The van der Waals surface area contributed by atoms with E-state index in [1.54, 1.807) is 0 Å². The number of benzene rings is 2. The van der Waals surface area contributed by atoms with Gasteiger partial charge in [-0.1, -0.05) is 72.2 Å². The number of piperidine rings is 1. The van der Waals surface area contributed by atoms with Gasteiger partial charge < -0.3 is 5.11 Å². The monoisotopic (exact) mass is 487 g/mol. The Bertz CT molecular complexity index is 789. The Balaban J connectivity index is 0.000000941. The molecule has 0 aromatic heterocycles. The van der Waals surface area contributed by atoms with Crippen LogP contribution in [0.15, 0.2) is 36.4 Å². The van der Waals surface area contributed by atoms with Gasteiger partial charge in [-0.25, -0.2) is 0 Å². The third-order valence-electron chi connectivity index (χ3n) is 5.31. The number of nitrogens with zero attached hydrogens (tertiary/aromatic N) is 1. The van der Waals surface area contributed by atoms with E-state index in [9.17, 15) is 5.11 Å². The molecule has 2 aromatic rings. The Kier molecular flexibility index (Phi) is 10.5. The van der Waals surface area contributed by atoms with Crippen molar-refractivity contribution in [3.63, 3.8) is 0 Å². The van der Waals surface area contributed by atoms with Crippen molar-refractivity contribution in [3.8, 4) is 5.75 Å². The average Bonchev–Trinajstić information content (AvgIpc) is 2.66. The SMILES string of the molecule is Cc1cccc(CN2CCCCC2)c1Pc1cccc(C(C)(C)C)c1O.[Cl][Ti][Cl]. The average molecular weight is 488 g/mol. The van der Waals surface area contributed by atoms with Gasteiger partial charge in [0.1, 0.15) is 5.75 Å². The predicted octanol–water partition coefficient (Wildman–Crippen LogP) is 5.99. The summed E-state index contributed by atoms with van der Waals surface area (Å²) in [5.41, 5.74) is 3.74. The van der Waals surface area contributed by atoms with Gasteiger partial charge in [0.25, 0.3) is 0 Å². The number of para-hydroxylation sites is 1. The summed E-state index contributed by atoms with van der Waals surface area (Å²) in [5.74, 6) is 0.477. The van der Waals surface area contributed by atoms with E-state index in [0.717, 1.165) is 17.4 Å². The van der Waals surface area contributed by atoms with Crippen molar-refractivity contribution in [2.24, 2.45) is 0 Å². The van der Waals surface area contributed by atoms with Crippen LogP contribution in [0.5, 0.6) is 5.75 Å². The Morgan fingerprint density at radius 2 is 1.66 bits per heavy atom. The van der Waals surface area contributed by atoms with Crippen LogP contribution in [0.1, 0.15) is 56.7 Å². The molecule has 1 saturated heterocycles. The van der Waals surface area contributed by atoms with E-state index in [1.165, 1.54) is 48.8 Å². The summed E-state index contributed by atoms with van der Waals surface area (Å²) >= 11 is -0.556. The van der Waals surface area contributed by atoms with Crippen molar-refractivity contribution < 1.29 is 22.1 Å². The number of halogens is 2. The van der Waals surface area contributed by atoms with Crippen LogP contribution in [0.3, 0.4) is 0 Å². The van der Waals surface area contributed by atoms with Crippen molar-refractivity contribution in [1.82, 2.24) is 4.90 Å². The molecule has 29 heavy (non-hydrogen) atoms. The van der Waals surface area contributed by atoms with E-state index < -0.39 is 17.0 Å². The van der Waals surface area contributed by atoms with E-state index in [0.29, 0.717) is 14.3 Å². The summed E-state index contributed by atoms with van der Waals surface area (Å²) in [7, 11) is 10.3. The van der Waals surface area contributed by atoms with Crippen molar-refractivity contribution >= 4 is 37.8 Å². The molecule has 1 heterocycles. The molecule has 2 aromatic carbocycles. The first kappa shape index (κ1) is 25.2. The molecule has 1 atom stereocenters. The molecule has 158 valence electrons. The molecule has 1 aliphatic rings. The third kappa shape index (κ3) is 7.53. The van der Waals surface area contributed by atoms with Gasteiger partial charge in [-0.3, -0.25) is 4.90 Å². The Morgan fingerprint density at radius 1 is 1.03 bits per heavy atom. The van der Waals surface area contributed by atoms with E-state index in [4.69, 9.17) is 18.6 Å². The third-order valence-corrected chi connectivity index (χ3v) is 6.94. The van der Waals surface area contributed by atoms with Gasteiger partial charge in [-0.2, -0.15) is 0 Å². The fourth-order valence-electron chi connectivity index (χ4n) is 3.78. The molecule has 1 unspecified atom stereocenters. The summed E-state index contributed by atoms with van der Waals surface area (Å²) in [4.78, 5) is 2.58. The zero-order valence-electron chi connectivity index (χ0n) is 17.9. The quantitative estimate of drug-likeness (QED) is 0.423. The van der Waals surface area contributed by atoms with Crippen molar-refractivity contribution in [1.29, 1.82) is 0 Å². The summed E-state index contributed by atoms with van der Waals surface area (Å²) < 4.78 is 0. The number of hydrogen-bond acceptors (Lipinski definition) is 2. The number of rotatable bonds is 4. The number of likely N-dealkylation sites (tertiary alicyclic amines) is 1. The second-order valence-corrected chi connectivity index (χ2v) is 12.5. The molecule has 0 spiro atoms. The van der Waals surface area contributed by atoms with Gasteiger partial charge in [-0.05, 0) is 60.3 Å². The molecule has 3 rings (SSSR count). The van der Waals surface area contributed by atoms with Crippen LogP contribution >= 0.6 is 27.2 Å². The second kappa shape index (κ2) is 12.1. The first-order valence-electron chi connectivity index (χ1n) is 10.1. The maximum atomic E-state index is 10.9. The van der Waals surface area contributed by atoms with Crippen LogP contribution in [0.25, 0.3) is 0 Å². The molecule has 0 aliphatic carbocycles. The normalized spacial score (nSPS) is 15.2.